The molecule has 1 aromatic heterocycles. The van der Waals surface area contributed by atoms with Crippen LogP contribution in [0.4, 0.5) is 0 Å². The zero-order valence-corrected chi connectivity index (χ0v) is 6.52. The van der Waals surface area contributed by atoms with Crippen molar-refractivity contribution in [3.05, 3.63) is 28.0 Å². The molecule has 1 aromatic rings. The number of rotatable bonds is 2. The summed E-state index contributed by atoms with van der Waals surface area (Å²) in [6.45, 7) is 1.80. The average Bonchev–Trinajstić information content (AvgIpc) is 2.40. The molecule has 1 heterocycles. The van der Waals surface area contributed by atoms with E-state index in [-0.39, 0.29) is 0 Å². The van der Waals surface area contributed by atoms with Gasteiger partial charge >= 0.3 is 0 Å². The minimum atomic E-state index is 0.762. The van der Waals surface area contributed by atoms with Crippen LogP contribution in [0.5, 0.6) is 0 Å². The van der Waals surface area contributed by atoms with Crippen LogP contribution in [0.25, 0.3) is 6.08 Å². The van der Waals surface area contributed by atoms with Crippen molar-refractivity contribution < 1.29 is 4.79 Å². The minimum absolute atomic E-state index is 0.762. The van der Waals surface area contributed by atoms with E-state index in [2.05, 4.69) is 0 Å². The van der Waals surface area contributed by atoms with Gasteiger partial charge in [-0.25, -0.2) is 0 Å². The van der Waals surface area contributed by atoms with Gasteiger partial charge in [-0.1, -0.05) is 0 Å². The predicted molar refractivity (Wildman–Crippen MR) is 44.0 cm³/mol. The van der Waals surface area contributed by atoms with Crippen LogP contribution < -0.4 is 0 Å². The highest BCUT2D eigenvalue weighted by Gasteiger charge is 1.87. The SMILES string of the molecule is C/C(C=O)=C\c1ccsc1. The molecule has 0 aliphatic heterocycles. The quantitative estimate of drug-likeness (QED) is 0.469. The van der Waals surface area contributed by atoms with Crippen LogP contribution in [-0.4, -0.2) is 6.29 Å². The molecule has 0 aromatic carbocycles. The molecule has 0 unspecified atom stereocenters. The standard InChI is InChI=1S/C8H8OS/c1-7(5-9)4-8-2-3-10-6-8/h2-6H,1H3/b7-4+. The Balaban J connectivity index is 2.80. The Morgan fingerprint density at radius 1 is 1.70 bits per heavy atom. The summed E-state index contributed by atoms with van der Waals surface area (Å²) in [6, 6.07) is 1.98. The molecule has 0 atom stereocenters. The topological polar surface area (TPSA) is 17.1 Å². The molecule has 0 amide bonds. The molecular formula is C8H8OS. The Morgan fingerprint density at radius 3 is 3.00 bits per heavy atom. The Bertz CT molecular complexity index is 234. The van der Waals surface area contributed by atoms with Gasteiger partial charge in [0.15, 0.2) is 0 Å². The number of hydrogen-bond donors (Lipinski definition) is 0. The van der Waals surface area contributed by atoms with Crippen LogP contribution >= 0.6 is 11.3 Å². The van der Waals surface area contributed by atoms with E-state index in [1.807, 2.05) is 22.9 Å². The van der Waals surface area contributed by atoms with E-state index in [1.54, 1.807) is 18.3 Å². The highest BCUT2D eigenvalue weighted by atomic mass is 32.1. The van der Waals surface area contributed by atoms with Crippen molar-refractivity contribution >= 4 is 23.7 Å². The maximum absolute atomic E-state index is 10.2. The van der Waals surface area contributed by atoms with Crippen LogP contribution in [0.15, 0.2) is 22.4 Å². The van der Waals surface area contributed by atoms with Crippen LogP contribution in [0.3, 0.4) is 0 Å². The lowest BCUT2D eigenvalue weighted by atomic mass is 10.2. The third-order valence-electron chi connectivity index (χ3n) is 1.12. The third-order valence-corrected chi connectivity index (χ3v) is 1.82. The van der Waals surface area contributed by atoms with E-state index < -0.39 is 0 Å². The maximum atomic E-state index is 10.2. The molecule has 10 heavy (non-hydrogen) atoms. The minimum Gasteiger partial charge on any atom is -0.298 e. The Labute approximate surface area is 64.0 Å². The van der Waals surface area contributed by atoms with Gasteiger partial charge in [0, 0.05) is 0 Å². The van der Waals surface area contributed by atoms with E-state index >= 15 is 0 Å². The second-order valence-electron chi connectivity index (χ2n) is 2.06. The van der Waals surface area contributed by atoms with Crippen LogP contribution in [0, 0.1) is 0 Å². The monoisotopic (exact) mass is 152 g/mol. The summed E-state index contributed by atoms with van der Waals surface area (Å²) < 4.78 is 0. The number of carbonyl (C=O) groups excluding carboxylic acids is 1. The summed E-state index contributed by atoms with van der Waals surface area (Å²) in [5, 5.41) is 4.00. The number of aldehydes is 1. The molecule has 0 aliphatic carbocycles. The first-order valence-corrected chi connectivity index (χ1v) is 3.93. The molecule has 0 N–H and O–H groups in total. The molecule has 1 rings (SSSR count). The lowest BCUT2D eigenvalue weighted by Crippen LogP contribution is -1.73. The van der Waals surface area contributed by atoms with Gasteiger partial charge in [-0.05, 0) is 41.0 Å². The molecule has 0 fully saturated rings. The molecule has 0 saturated carbocycles. The van der Waals surface area contributed by atoms with Gasteiger partial charge in [0.25, 0.3) is 0 Å². The second-order valence-corrected chi connectivity index (χ2v) is 2.84. The smallest absolute Gasteiger partial charge is 0.145 e. The zero-order chi connectivity index (χ0) is 7.40. The van der Waals surface area contributed by atoms with E-state index in [0.29, 0.717) is 0 Å². The molecule has 0 saturated heterocycles. The van der Waals surface area contributed by atoms with Crippen molar-refractivity contribution in [1.29, 1.82) is 0 Å². The fourth-order valence-corrected chi connectivity index (χ4v) is 1.27. The first-order valence-electron chi connectivity index (χ1n) is 2.98. The third kappa shape index (κ3) is 1.81. The van der Waals surface area contributed by atoms with Gasteiger partial charge in [-0.15, -0.1) is 0 Å². The predicted octanol–water partition coefficient (Wildman–Crippen LogP) is 2.35. The molecule has 2 heteroatoms. The number of hydrogen-bond acceptors (Lipinski definition) is 2. The van der Waals surface area contributed by atoms with Gasteiger partial charge in [-0.3, -0.25) is 4.79 Å². The normalized spacial score (nSPS) is 11.5. The fraction of sp³-hybridized carbons (Fsp3) is 0.125. The van der Waals surface area contributed by atoms with Gasteiger partial charge in [0.1, 0.15) is 6.29 Å². The van der Waals surface area contributed by atoms with Gasteiger partial charge in [0.05, 0.1) is 0 Å². The summed E-state index contributed by atoms with van der Waals surface area (Å²) in [5.74, 6) is 0. The van der Waals surface area contributed by atoms with Crippen LogP contribution in [0.1, 0.15) is 12.5 Å². The van der Waals surface area contributed by atoms with Crippen molar-refractivity contribution in [3.63, 3.8) is 0 Å². The van der Waals surface area contributed by atoms with Crippen molar-refractivity contribution in [2.75, 3.05) is 0 Å². The average molecular weight is 152 g/mol. The molecule has 0 radical (unpaired) electrons. The van der Waals surface area contributed by atoms with Gasteiger partial charge < -0.3 is 0 Å². The molecule has 1 nitrogen and oxygen atoms in total. The first-order chi connectivity index (χ1) is 4.83. The molecule has 0 bridgehead atoms. The summed E-state index contributed by atoms with van der Waals surface area (Å²) in [6.07, 6.45) is 2.72. The highest BCUT2D eigenvalue weighted by Crippen LogP contribution is 2.09. The first kappa shape index (κ1) is 7.22. The highest BCUT2D eigenvalue weighted by molar-refractivity contribution is 7.08. The Morgan fingerprint density at radius 2 is 2.50 bits per heavy atom. The molecule has 0 spiro atoms. The molecule has 52 valence electrons. The summed E-state index contributed by atoms with van der Waals surface area (Å²) in [4.78, 5) is 10.2. The lowest BCUT2D eigenvalue weighted by molar-refractivity contribution is -0.104. The lowest BCUT2D eigenvalue weighted by Gasteiger charge is -1.84. The van der Waals surface area contributed by atoms with Crippen molar-refractivity contribution in [1.82, 2.24) is 0 Å². The van der Waals surface area contributed by atoms with Gasteiger partial charge in [0.2, 0.25) is 0 Å². The van der Waals surface area contributed by atoms with Crippen molar-refractivity contribution in [3.8, 4) is 0 Å². The fourth-order valence-electron chi connectivity index (χ4n) is 0.654. The molecule has 0 aliphatic rings. The van der Waals surface area contributed by atoms with Gasteiger partial charge in [-0.2, -0.15) is 11.3 Å². The maximum Gasteiger partial charge on any atom is 0.145 e. The van der Waals surface area contributed by atoms with E-state index in [4.69, 9.17) is 0 Å². The number of allylic oxidation sites excluding steroid dienone is 1. The van der Waals surface area contributed by atoms with Crippen molar-refractivity contribution in [2.24, 2.45) is 0 Å². The van der Waals surface area contributed by atoms with E-state index in [9.17, 15) is 4.79 Å². The van der Waals surface area contributed by atoms with Crippen LogP contribution in [-0.2, 0) is 4.79 Å². The van der Waals surface area contributed by atoms with Crippen molar-refractivity contribution in [2.45, 2.75) is 6.92 Å². The van der Waals surface area contributed by atoms with E-state index in [1.165, 1.54) is 0 Å². The van der Waals surface area contributed by atoms with E-state index in [0.717, 1.165) is 17.4 Å². The summed E-state index contributed by atoms with van der Waals surface area (Å²) in [5.41, 5.74) is 1.87. The summed E-state index contributed by atoms with van der Waals surface area (Å²) >= 11 is 1.63. The summed E-state index contributed by atoms with van der Waals surface area (Å²) in [7, 11) is 0. The number of carbonyl (C=O) groups is 1. The zero-order valence-electron chi connectivity index (χ0n) is 5.70. The Kier molecular flexibility index (Phi) is 2.40. The largest absolute Gasteiger partial charge is 0.298 e. The number of thiophene rings is 1. The Hall–Kier alpha value is -0.890. The van der Waals surface area contributed by atoms with Crippen LogP contribution in [0.2, 0.25) is 0 Å². The molecular weight excluding hydrogens is 144 g/mol. The second kappa shape index (κ2) is 3.32.